The normalized spacial score (nSPS) is 18.9. The molecule has 0 saturated carbocycles. The third-order valence-corrected chi connectivity index (χ3v) is 10.1. The summed E-state index contributed by atoms with van der Waals surface area (Å²) in [7, 11) is 0. The summed E-state index contributed by atoms with van der Waals surface area (Å²) in [5.74, 6) is -0.960. The van der Waals surface area contributed by atoms with E-state index in [1.807, 2.05) is 42.7 Å². The topological polar surface area (TPSA) is 79.7 Å². The predicted molar refractivity (Wildman–Crippen MR) is 166 cm³/mol. The summed E-state index contributed by atoms with van der Waals surface area (Å²) in [6, 6.07) is 14.2. The van der Waals surface area contributed by atoms with Gasteiger partial charge in [0.2, 0.25) is 0 Å². The molecule has 4 aromatic rings. The van der Waals surface area contributed by atoms with Crippen molar-refractivity contribution in [2.45, 2.75) is 38.7 Å². The molecule has 1 saturated heterocycles. The van der Waals surface area contributed by atoms with E-state index in [1.54, 1.807) is 30.6 Å². The lowest BCUT2D eigenvalue weighted by atomic mass is 10.1. The van der Waals surface area contributed by atoms with Crippen molar-refractivity contribution < 1.29 is 23.8 Å². The van der Waals surface area contributed by atoms with Crippen molar-refractivity contribution >= 4 is 91.4 Å². The first-order valence-electron chi connectivity index (χ1n) is 12.0. The first-order valence-corrected chi connectivity index (χ1v) is 14.9. The van der Waals surface area contributed by atoms with Gasteiger partial charge in [-0.25, -0.2) is 14.6 Å². The number of nitrogens with zero attached hydrogens (tertiary/aromatic N) is 2. The molecule has 11 heteroatoms. The van der Waals surface area contributed by atoms with Crippen LogP contribution in [0.25, 0.3) is 11.0 Å². The average molecular weight is 791 g/mol. The molecule has 1 aliphatic rings. The molecular formula is C28H22Cl2I2N2O5. The Morgan fingerprint density at radius 1 is 0.949 bits per heavy atom. The molecule has 0 aliphatic carbocycles. The van der Waals surface area contributed by atoms with Crippen LogP contribution < -0.4 is 0 Å². The molecule has 5 rings (SSSR count). The molecule has 1 aliphatic heterocycles. The van der Waals surface area contributed by atoms with Gasteiger partial charge in [0, 0.05) is 6.42 Å². The fourth-order valence-electron chi connectivity index (χ4n) is 4.33. The van der Waals surface area contributed by atoms with E-state index >= 15 is 0 Å². The van der Waals surface area contributed by atoms with Crippen LogP contribution in [0.4, 0.5) is 0 Å². The van der Waals surface area contributed by atoms with E-state index in [4.69, 9.17) is 37.4 Å². The van der Waals surface area contributed by atoms with Crippen LogP contribution in [-0.4, -0.2) is 40.3 Å². The molecule has 2 heterocycles. The molecule has 3 atom stereocenters. The lowest BCUT2D eigenvalue weighted by Gasteiger charge is -2.19. The monoisotopic (exact) mass is 790 g/mol. The van der Waals surface area contributed by atoms with Crippen LogP contribution in [0.1, 0.15) is 44.5 Å². The van der Waals surface area contributed by atoms with Gasteiger partial charge < -0.3 is 18.8 Å². The maximum atomic E-state index is 13.0. The molecular weight excluding hydrogens is 769 g/mol. The summed E-state index contributed by atoms with van der Waals surface area (Å²) in [4.78, 5) is 30.2. The first kappa shape index (κ1) is 28.6. The van der Waals surface area contributed by atoms with Gasteiger partial charge in [0.1, 0.15) is 30.6 Å². The van der Waals surface area contributed by atoms with Crippen LogP contribution in [0.5, 0.6) is 0 Å². The van der Waals surface area contributed by atoms with Crippen molar-refractivity contribution in [3.63, 3.8) is 0 Å². The second-order valence-electron chi connectivity index (χ2n) is 9.24. The summed E-state index contributed by atoms with van der Waals surface area (Å²) in [5, 5.41) is 0.873. The number of rotatable bonds is 6. The Hall–Kier alpha value is -1.93. The fourth-order valence-corrected chi connectivity index (χ4v) is 6.48. The molecule has 0 amide bonds. The van der Waals surface area contributed by atoms with Crippen molar-refractivity contribution in [1.82, 2.24) is 9.55 Å². The molecule has 1 fully saturated rings. The van der Waals surface area contributed by atoms with E-state index in [0.717, 1.165) is 23.8 Å². The number of ether oxygens (including phenoxy) is 3. The summed E-state index contributed by atoms with van der Waals surface area (Å²) < 4.78 is 21.2. The van der Waals surface area contributed by atoms with Crippen LogP contribution in [0.2, 0.25) is 10.0 Å². The molecule has 1 aromatic heterocycles. The summed E-state index contributed by atoms with van der Waals surface area (Å²) >= 11 is 17.2. The number of carbonyl (C=O) groups excluding carboxylic acids is 2. The molecule has 3 aromatic carbocycles. The third kappa shape index (κ3) is 5.92. The third-order valence-electron chi connectivity index (χ3n) is 6.49. The van der Waals surface area contributed by atoms with Crippen LogP contribution in [0, 0.1) is 21.0 Å². The minimum Gasteiger partial charge on any atom is -0.459 e. The van der Waals surface area contributed by atoms with E-state index in [2.05, 4.69) is 50.2 Å². The molecule has 0 radical (unpaired) electrons. The zero-order valence-electron chi connectivity index (χ0n) is 20.8. The number of carbonyl (C=O) groups is 2. The molecule has 0 N–H and O–H groups in total. The number of imidazole rings is 1. The van der Waals surface area contributed by atoms with Gasteiger partial charge in [-0.15, -0.1) is 0 Å². The number of benzene rings is 3. The van der Waals surface area contributed by atoms with Gasteiger partial charge in [0.05, 0.1) is 40.2 Å². The minimum absolute atomic E-state index is 0.0944. The highest BCUT2D eigenvalue weighted by Crippen LogP contribution is 2.41. The lowest BCUT2D eigenvalue weighted by molar-refractivity contribution is -0.0562. The van der Waals surface area contributed by atoms with E-state index in [9.17, 15) is 9.59 Å². The van der Waals surface area contributed by atoms with Gasteiger partial charge in [-0.3, -0.25) is 0 Å². The molecule has 39 heavy (non-hydrogen) atoms. The van der Waals surface area contributed by atoms with Gasteiger partial charge in [-0.2, -0.15) is 0 Å². The highest BCUT2D eigenvalue weighted by Gasteiger charge is 2.41. The Bertz CT molecular complexity index is 1560. The van der Waals surface area contributed by atoms with Crippen molar-refractivity contribution in [2.24, 2.45) is 0 Å². The molecule has 0 bridgehead atoms. The lowest BCUT2D eigenvalue weighted by Crippen LogP contribution is -2.32. The second-order valence-corrected chi connectivity index (χ2v) is 12.2. The molecule has 0 unspecified atom stereocenters. The smallest absolute Gasteiger partial charge is 0.338 e. The number of aryl methyl sites for hydroxylation is 2. The van der Waals surface area contributed by atoms with Crippen molar-refractivity contribution in [3.8, 4) is 0 Å². The SMILES string of the molecule is Cc1ccc(C(=O)OC[C@H]2O[C@@H](n3cnc4c(I)c(Cl)c(Cl)c(I)c43)C[C@@H]2OC(=O)c2ccc(C)cc2)cc1. The van der Waals surface area contributed by atoms with E-state index in [-0.39, 0.29) is 6.61 Å². The number of fused-ring (bicyclic) bond motifs is 1. The second kappa shape index (κ2) is 11.9. The Morgan fingerprint density at radius 2 is 1.51 bits per heavy atom. The minimum atomic E-state index is -0.698. The molecule has 202 valence electrons. The Morgan fingerprint density at radius 3 is 2.13 bits per heavy atom. The van der Waals surface area contributed by atoms with E-state index in [0.29, 0.717) is 33.1 Å². The number of hydrogen-bond donors (Lipinski definition) is 0. The van der Waals surface area contributed by atoms with Crippen molar-refractivity contribution in [2.75, 3.05) is 6.61 Å². The van der Waals surface area contributed by atoms with Crippen LogP contribution in [0.3, 0.4) is 0 Å². The highest BCUT2D eigenvalue weighted by atomic mass is 127. The van der Waals surface area contributed by atoms with E-state index in [1.165, 1.54) is 0 Å². The largest absolute Gasteiger partial charge is 0.459 e. The Balaban J connectivity index is 1.41. The zero-order chi connectivity index (χ0) is 27.8. The number of halogens is 4. The quantitative estimate of drug-likeness (QED) is 0.0870. The van der Waals surface area contributed by atoms with Gasteiger partial charge in [0.15, 0.2) is 0 Å². The standard InChI is InChI=1S/C28H22Cl2I2N2O5/c1-14-3-7-16(8-4-14)27(35)37-12-19-18(39-28(36)17-9-5-15(2)6-10-17)11-20(38-19)34-13-33-25-23(31)21(29)22(30)24(32)26(25)34/h3-10,13,18-20H,11-12H2,1-2H3/t18-,19+,20+/m0/s1. The highest BCUT2D eigenvalue weighted by molar-refractivity contribution is 14.1. The Labute approximate surface area is 262 Å². The van der Waals surface area contributed by atoms with Crippen molar-refractivity contribution in [3.05, 3.63) is 94.3 Å². The maximum Gasteiger partial charge on any atom is 0.338 e. The first-order chi connectivity index (χ1) is 18.6. The van der Waals surface area contributed by atoms with Gasteiger partial charge >= 0.3 is 11.9 Å². The average Bonchev–Trinajstić information content (AvgIpc) is 3.54. The van der Waals surface area contributed by atoms with Crippen LogP contribution >= 0.6 is 68.4 Å². The number of hydrogen-bond acceptors (Lipinski definition) is 6. The van der Waals surface area contributed by atoms with Crippen LogP contribution in [-0.2, 0) is 14.2 Å². The molecule has 0 spiro atoms. The molecule has 7 nitrogen and oxygen atoms in total. The van der Waals surface area contributed by atoms with Crippen LogP contribution in [0.15, 0.2) is 54.9 Å². The van der Waals surface area contributed by atoms with Gasteiger partial charge in [-0.1, -0.05) is 58.6 Å². The predicted octanol–water partition coefficient (Wildman–Crippen LogP) is 7.54. The summed E-state index contributed by atoms with van der Waals surface area (Å²) in [5.41, 5.74) is 4.39. The summed E-state index contributed by atoms with van der Waals surface area (Å²) in [6.45, 7) is 3.79. The fraction of sp³-hybridized carbons (Fsp3) is 0.250. The summed E-state index contributed by atoms with van der Waals surface area (Å²) in [6.07, 6.45) is 0.0620. The zero-order valence-corrected chi connectivity index (χ0v) is 26.6. The van der Waals surface area contributed by atoms with Crippen molar-refractivity contribution in [1.29, 1.82) is 0 Å². The van der Waals surface area contributed by atoms with Gasteiger partial charge in [0.25, 0.3) is 0 Å². The van der Waals surface area contributed by atoms with Gasteiger partial charge in [-0.05, 0) is 83.3 Å². The number of aromatic nitrogens is 2. The Kier molecular flexibility index (Phi) is 8.72. The maximum absolute atomic E-state index is 13.0. The van der Waals surface area contributed by atoms with E-state index < -0.39 is 30.4 Å². The number of esters is 2.